The third-order valence-corrected chi connectivity index (χ3v) is 5.77. The first-order valence-corrected chi connectivity index (χ1v) is 8.86. The lowest BCUT2D eigenvalue weighted by molar-refractivity contribution is -0.144. The molecule has 1 saturated heterocycles. The predicted molar refractivity (Wildman–Crippen MR) is 98.6 cm³/mol. The first-order valence-electron chi connectivity index (χ1n) is 6.84. The average molecular weight is 427 g/mol. The highest BCUT2D eigenvalue weighted by Gasteiger charge is 2.43. The fourth-order valence-corrected chi connectivity index (χ4v) is 4.44. The molecule has 2 aliphatic heterocycles. The standard InChI is InChI=1S/C15H11BrN2O4S2/c1-6(14(21)22)18-13(20)11(24-15(18)23)10-8-5-7(16)3-4-9(8)17(2)12(10)19/h3-6H,1-2H3,(H,21,22)/b11-10-/t6-/m0/s1. The lowest BCUT2D eigenvalue weighted by Crippen LogP contribution is -2.41. The molecule has 0 aliphatic carbocycles. The highest BCUT2D eigenvalue weighted by Crippen LogP contribution is 2.45. The summed E-state index contributed by atoms with van der Waals surface area (Å²) < 4.78 is 0.910. The van der Waals surface area contributed by atoms with Gasteiger partial charge in [-0.15, -0.1) is 0 Å². The first-order chi connectivity index (χ1) is 11.2. The van der Waals surface area contributed by atoms with Gasteiger partial charge in [-0.1, -0.05) is 39.9 Å². The Hall–Kier alpha value is -1.71. The molecule has 0 saturated carbocycles. The number of hydrogen-bond acceptors (Lipinski definition) is 5. The highest BCUT2D eigenvalue weighted by molar-refractivity contribution is 9.10. The number of amides is 2. The Morgan fingerprint density at radius 1 is 1.33 bits per heavy atom. The third kappa shape index (κ3) is 2.47. The third-order valence-electron chi connectivity index (χ3n) is 3.88. The Morgan fingerprint density at radius 3 is 2.62 bits per heavy atom. The zero-order valence-electron chi connectivity index (χ0n) is 12.6. The molecular formula is C15H11BrN2O4S2. The summed E-state index contributed by atoms with van der Waals surface area (Å²) in [6.45, 7) is 1.38. The van der Waals surface area contributed by atoms with Crippen LogP contribution in [0.25, 0.3) is 5.57 Å². The van der Waals surface area contributed by atoms with Gasteiger partial charge in [0.25, 0.3) is 11.8 Å². The van der Waals surface area contributed by atoms with Crippen molar-refractivity contribution in [2.24, 2.45) is 0 Å². The number of anilines is 1. The summed E-state index contributed by atoms with van der Waals surface area (Å²) in [6.07, 6.45) is 0. The highest BCUT2D eigenvalue weighted by atomic mass is 79.9. The summed E-state index contributed by atoms with van der Waals surface area (Å²) >= 11 is 9.48. The van der Waals surface area contributed by atoms with Gasteiger partial charge in [0.2, 0.25) is 0 Å². The number of thioether (sulfide) groups is 1. The van der Waals surface area contributed by atoms with Gasteiger partial charge in [-0.3, -0.25) is 14.5 Å². The number of thiocarbonyl (C=S) groups is 1. The van der Waals surface area contributed by atoms with Crippen molar-refractivity contribution in [3.63, 3.8) is 0 Å². The Balaban J connectivity index is 2.16. The number of nitrogens with zero attached hydrogens (tertiary/aromatic N) is 2. The monoisotopic (exact) mass is 426 g/mol. The molecule has 2 amide bonds. The maximum absolute atomic E-state index is 12.7. The molecule has 0 bridgehead atoms. The minimum atomic E-state index is -1.16. The van der Waals surface area contributed by atoms with Gasteiger partial charge in [0.15, 0.2) is 0 Å². The molecule has 2 aliphatic rings. The second-order valence-electron chi connectivity index (χ2n) is 5.29. The lowest BCUT2D eigenvalue weighted by Gasteiger charge is -2.18. The molecule has 1 fully saturated rings. The number of likely N-dealkylation sites (N-methyl/N-ethyl adjacent to an activating group) is 1. The van der Waals surface area contributed by atoms with Crippen molar-refractivity contribution in [3.8, 4) is 0 Å². The van der Waals surface area contributed by atoms with E-state index in [0.717, 1.165) is 21.1 Å². The molecule has 1 N–H and O–H groups in total. The molecule has 1 atom stereocenters. The quantitative estimate of drug-likeness (QED) is 0.577. The predicted octanol–water partition coefficient (Wildman–Crippen LogP) is 2.47. The molecule has 6 nitrogen and oxygen atoms in total. The van der Waals surface area contributed by atoms with Crippen LogP contribution < -0.4 is 4.90 Å². The molecule has 9 heteroatoms. The van der Waals surface area contributed by atoms with E-state index in [1.54, 1.807) is 19.2 Å². The van der Waals surface area contributed by atoms with Crippen molar-refractivity contribution in [1.82, 2.24) is 4.90 Å². The molecule has 0 spiro atoms. The van der Waals surface area contributed by atoms with E-state index in [0.29, 0.717) is 11.3 Å². The summed E-state index contributed by atoms with van der Waals surface area (Å²) in [4.78, 5) is 39.2. The number of halogens is 1. The molecule has 0 aromatic heterocycles. The summed E-state index contributed by atoms with van der Waals surface area (Å²) in [5.41, 5.74) is 1.57. The first kappa shape index (κ1) is 17.1. The maximum Gasteiger partial charge on any atom is 0.326 e. The minimum absolute atomic E-state index is 0.135. The van der Waals surface area contributed by atoms with Crippen LogP contribution in [0, 0.1) is 0 Å². The summed E-state index contributed by atoms with van der Waals surface area (Å²) in [7, 11) is 1.63. The number of benzene rings is 1. The van der Waals surface area contributed by atoms with Crippen LogP contribution in [0.5, 0.6) is 0 Å². The normalized spacial score (nSPS) is 21.5. The van der Waals surface area contributed by atoms with E-state index >= 15 is 0 Å². The molecular weight excluding hydrogens is 416 g/mol. The minimum Gasteiger partial charge on any atom is -0.480 e. The van der Waals surface area contributed by atoms with Crippen LogP contribution in [0.1, 0.15) is 12.5 Å². The molecule has 24 heavy (non-hydrogen) atoms. The largest absolute Gasteiger partial charge is 0.480 e. The molecule has 1 aromatic rings. The number of carbonyl (C=O) groups excluding carboxylic acids is 2. The van der Waals surface area contributed by atoms with Crippen LogP contribution in [-0.4, -0.2) is 45.2 Å². The summed E-state index contributed by atoms with van der Waals surface area (Å²) in [5.74, 6) is -2.02. The van der Waals surface area contributed by atoms with E-state index in [4.69, 9.17) is 17.3 Å². The number of carboxylic acid groups (broad SMARTS) is 1. The van der Waals surface area contributed by atoms with Gasteiger partial charge < -0.3 is 10.0 Å². The fourth-order valence-electron chi connectivity index (χ4n) is 2.59. The lowest BCUT2D eigenvalue weighted by atomic mass is 10.1. The van der Waals surface area contributed by atoms with Crippen LogP contribution in [0.3, 0.4) is 0 Å². The van der Waals surface area contributed by atoms with Crippen LogP contribution in [0.15, 0.2) is 27.6 Å². The van der Waals surface area contributed by atoms with Gasteiger partial charge in [0, 0.05) is 17.1 Å². The van der Waals surface area contributed by atoms with E-state index in [9.17, 15) is 14.4 Å². The molecule has 2 heterocycles. The second-order valence-corrected chi connectivity index (χ2v) is 7.85. The Labute approximate surface area is 155 Å². The molecule has 0 radical (unpaired) electrons. The molecule has 3 rings (SSSR count). The number of aliphatic carboxylic acids is 1. The van der Waals surface area contributed by atoms with Gasteiger partial charge in [0.1, 0.15) is 10.4 Å². The molecule has 1 aromatic carbocycles. The van der Waals surface area contributed by atoms with Crippen LogP contribution in [-0.2, 0) is 14.4 Å². The van der Waals surface area contributed by atoms with Crippen LogP contribution in [0.2, 0.25) is 0 Å². The number of rotatable bonds is 2. The smallest absolute Gasteiger partial charge is 0.326 e. The van der Waals surface area contributed by atoms with Crippen molar-refractivity contribution in [2.45, 2.75) is 13.0 Å². The molecule has 124 valence electrons. The Morgan fingerprint density at radius 2 is 2.00 bits per heavy atom. The van der Waals surface area contributed by atoms with Crippen molar-refractivity contribution in [1.29, 1.82) is 0 Å². The summed E-state index contributed by atoms with van der Waals surface area (Å²) in [5, 5.41) is 9.16. The Bertz CT molecular complexity index is 852. The number of carboxylic acids is 1. The van der Waals surface area contributed by atoms with Crippen molar-refractivity contribution in [2.75, 3.05) is 11.9 Å². The second kappa shape index (κ2) is 5.98. The average Bonchev–Trinajstić information content (AvgIpc) is 2.93. The van der Waals surface area contributed by atoms with Crippen LogP contribution >= 0.6 is 39.9 Å². The van der Waals surface area contributed by atoms with E-state index in [1.165, 1.54) is 11.8 Å². The van der Waals surface area contributed by atoms with Crippen LogP contribution in [0.4, 0.5) is 5.69 Å². The van der Waals surface area contributed by atoms with Crippen molar-refractivity contribution < 1.29 is 19.5 Å². The van der Waals surface area contributed by atoms with Gasteiger partial charge in [-0.25, -0.2) is 4.79 Å². The number of hydrogen-bond donors (Lipinski definition) is 1. The SMILES string of the molecule is C[C@@H](C(=O)O)N1C(=O)/C(=C2/C(=O)N(C)c3ccc(Br)cc32)SC1=S. The number of fused-ring (bicyclic) bond motifs is 1. The van der Waals surface area contributed by atoms with Gasteiger partial charge in [0.05, 0.1) is 16.2 Å². The molecule has 0 unspecified atom stereocenters. The van der Waals surface area contributed by atoms with E-state index in [1.807, 2.05) is 6.07 Å². The van der Waals surface area contributed by atoms with Gasteiger partial charge in [-0.2, -0.15) is 0 Å². The maximum atomic E-state index is 12.7. The fraction of sp³-hybridized carbons (Fsp3) is 0.200. The van der Waals surface area contributed by atoms with E-state index in [2.05, 4.69) is 15.9 Å². The van der Waals surface area contributed by atoms with Crippen molar-refractivity contribution in [3.05, 3.63) is 33.1 Å². The Kier molecular flexibility index (Phi) is 4.27. The van der Waals surface area contributed by atoms with Gasteiger partial charge in [-0.05, 0) is 25.1 Å². The zero-order valence-corrected chi connectivity index (χ0v) is 15.8. The number of carbonyl (C=O) groups is 3. The summed E-state index contributed by atoms with van der Waals surface area (Å²) in [6, 6.07) is 4.26. The van der Waals surface area contributed by atoms with Crippen molar-refractivity contribution >= 4 is 73.3 Å². The zero-order chi connectivity index (χ0) is 17.8. The topological polar surface area (TPSA) is 77.9 Å². The van der Waals surface area contributed by atoms with Gasteiger partial charge >= 0.3 is 5.97 Å². The van der Waals surface area contributed by atoms with E-state index in [-0.39, 0.29) is 20.7 Å². The van der Waals surface area contributed by atoms with E-state index < -0.39 is 17.9 Å².